The van der Waals surface area contributed by atoms with Gasteiger partial charge in [-0.15, -0.1) is 11.8 Å². The Balaban J connectivity index is 1.26. The van der Waals surface area contributed by atoms with Gasteiger partial charge in [0.05, 0.1) is 18.6 Å². The van der Waals surface area contributed by atoms with Crippen molar-refractivity contribution in [3.63, 3.8) is 0 Å². The lowest BCUT2D eigenvalue weighted by molar-refractivity contribution is -0.128. The molecule has 2 aliphatic heterocycles. The van der Waals surface area contributed by atoms with E-state index in [9.17, 15) is 9.59 Å². The van der Waals surface area contributed by atoms with E-state index in [1.54, 1.807) is 18.0 Å². The van der Waals surface area contributed by atoms with E-state index in [-0.39, 0.29) is 17.2 Å². The molecule has 7 nitrogen and oxygen atoms in total. The number of amides is 2. The molecule has 0 aliphatic carbocycles. The maximum absolute atomic E-state index is 12.5. The van der Waals surface area contributed by atoms with Crippen molar-refractivity contribution in [3.8, 4) is 0 Å². The van der Waals surface area contributed by atoms with Gasteiger partial charge < -0.3 is 24.4 Å². The van der Waals surface area contributed by atoms with E-state index in [4.69, 9.17) is 4.42 Å². The molecule has 0 radical (unpaired) electrons. The number of piperazine rings is 1. The van der Waals surface area contributed by atoms with Crippen molar-refractivity contribution in [2.75, 3.05) is 52.1 Å². The molecule has 31 heavy (non-hydrogen) atoms. The number of thioether (sulfide) groups is 1. The monoisotopic (exact) mass is 442 g/mol. The van der Waals surface area contributed by atoms with Gasteiger partial charge in [0.25, 0.3) is 5.91 Å². The lowest BCUT2D eigenvalue weighted by Crippen LogP contribution is -2.45. The lowest BCUT2D eigenvalue weighted by Gasteiger charge is -2.32. The third kappa shape index (κ3) is 5.70. The Morgan fingerprint density at radius 3 is 2.65 bits per heavy atom. The van der Waals surface area contributed by atoms with Crippen LogP contribution < -0.4 is 5.32 Å². The molecule has 1 aromatic heterocycles. The van der Waals surface area contributed by atoms with Gasteiger partial charge in [-0.3, -0.25) is 9.59 Å². The summed E-state index contributed by atoms with van der Waals surface area (Å²) in [6, 6.07) is 11.3. The van der Waals surface area contributed by atoms with Gasteiger partial charge in [0.15, 0.2) is 0 Å². The fourth-order valence-electron chi connectivity index (χ4n) is 3.95. The summed E-state index contributed by atoms with van der Waals surface area (Å²) in [6.07, 6.45) is 2.58. The van der Waals surface area contributed by atoms with Crippen LogP contribution in [0.4, 0.5) is 0 Å². The summed E-state index contributed by atoms with van der Waals surface area (Å²) in [4.78, 5) is 31.4. The molecule has 2 aromatic rings. The van der Waals surface area contributed by atoms with Gasteiger partial charge in [0.1, 0.15) is 11.1 Å². The molecule has 1 aromatic carbocycles. The highest BCUT2D eigenvalue weighted by Gasteiger charge is 2.33. The first-order chi connectivity index (χ1) is 15.1. The summed E-state index contributed by atoms with van der Waals surface area (Å²) >= 11 is 1.60. The highest BCUT2D eigenvalue weighted by atomic mass is 32.2. The van der Waals surface area contributed by atoms with Crippen molar-refractivity contribution in [1.29, 1.82) is 0 Å². The summed E-state index contributed by atoms with van der Waals surface area (Å²) in [5.41, 5.74) is 1.67. The summed E-state index contributed by atoms with van der Waals surface area (Å²) in [5.74, 6) is 1.29. The standard InChI is InChI=1S/C23H30N4O3S/c1-25-11-13-26(14-12-25)10-3-9-24-22(29)18-5-7-19(8-6-18)23-27(21(28)17-31-23)16-20-4-2-15-30-20/h2,4-8,15,23H,3,9-14,16-17H2,1H3,(H,24,29)/t23-/m0/s1. The Kier molecular flexibility index (Phi) is 7.32. The molecule has 0 unspecified atom stereocenters. The molecule has 2 amide bonds. The SMILES string of the molecule is CN1CCN(CCCNC(=O)c2ccc([C@@H]3SCC(=O)N3Cc3ccco3)cc2)CC1. The molecule has 2 saturated heterocycles. The predicted octanol–water partition coefficient (Wildman–Crippen LogP) is 2.42. The van der Waals surface area contributed by atoms with Crippen LogP contribution in [-0.2, 0) is 11.3 Å². The van der Waals surface area contributed by atoms with E-state index >= 15 is 0 Å². The van der Waals surface area contributed by atoms with E-state index in [0.29, 0.717) is 24.4 Å². The first-order valence-corrected chi connectivity index (χ1v) is 11.9. The Hall–Kier alpha value is -2.29. The van der Waals surface area contributed by atoms with Crippen LogP contribution in [-0.4, -0.2) is 78.6 Å². The Morgan fingerprint density at radius 1 is 1.16 bits per heavy atom. The van der Waals surface area contributed by atoms with Crippen LogP contribution >= 0.6 is 11.8 Å². The minimum absolute atomic E-state index is 0.0486. The molecule has 0 saturated carbocycles. The van der Waals surface area contributed by atoms with Crippen molar-refractivity contribution in [2.24, 2.45) is 0 Å². The number of furan rings is 1. The van der Waals surface area contributed by atoms with Gasteiger partial charge in [-0.2, -0.15) is 0 Å². The zero-order chi connectivity index (χ0) is 21.6. The molecule has 2 fully saturated rings. The second kappa shape index (κ2) is 10.3. The molecule has 4 rings (SSSR count). The number of nitrogens with one attached hydrogen (secondary N) is 1. The van der Waals surface area contributed by atoms with E-state index in [0.717, 1.165) is 50.5 Å². The van der Waals surface area contributed by atoms with Gasteiger partial charge in [-0.1, -0.05) is 12.1 Å². The van der Waals surface area contributed by atoms with Crippen LogP contribution in [0.2, 0.25) is 0 Å². The van der Waals surface area contributed by atoms with Crippen LogP contribution in [0.3, 0.4) is 0 Å². The smallest absolute Gasteiger partial charge is 0.251 e. The summed E-state index contributed by atoms with van der Waals surface area (Å²) in [7, 11) is 2.16. The number of rotatable bonds is 8. The first-order valence-electron chi connectivity index (χ1n) is 10.8. The molecule has 0 bridgehead atoms. The van der Waals surface area contributed by atoms with Crippen LogP contribution in [0.1, 0.15) is 33.5 Å². The van der Waals surface area contributed by atoms with Crippen LogP contribution in [0.15, 0.2) is 47.1 Å². The van der Waals surface area contributed by atoms with Gasteiger partial charge in [0.2, 0.25) is 5.91 Å². The number of benzene rings is 1. The molecule has 0 spiro atoms. The van der Waals surface area contributed by atoms with Crippen molar-refractivity contribution in [3.05, 3.63) is 59.5 Å². The second-order valence-electron chi connectivity index (χ2n) is 8.14. The van der Waals surface area contributed by atoms with Crippen molar-refractivity contribution < 1.29 is 14.0 Å². The summed E-state index contributed by atoms with van der Waals surface area (Å²) < 4.78 is 5.41. The van der Waals surface area contributed by atoms with Crippen LogP contribution in [0.5, 0.6) is 0 Å². The normalized spacial score (nSPS) is 20.4. The number of hydrogen-bond donors (Lipinski definition) is 1. The maximum atomic E-state index is 12.5. The number of nitrogens with zero attached hydrogens (tertiary/aromatic N) is 3. The Bertz CT molecular complexity index is 863. The molecule has 2 aliphatic rings. The van der Waals surface area contributed by atoms with Gasteiger partial charge in [0, 0.05) is 38.3 Å². The second-order valence-corrected chi connectivity index (χ2v) is 9.21. The molecule has 3 heterocycles. The Labute approximate surface area is 187 Å². The predicted molar refractivity (Wildman–Crippen MR) is 122 cm³/mol. The van der Waals surface area contributed by atoms with Crippen LogP contribution in [0, 0.1) is 0 Å². The quantitative estimate of drug-likeness (QED) is 0.634. The molecular weight excluding hydrogens is 412 g/mol. The minimum Gasteiger partial charge on any atom is -0.467 e. The highest BCUT2D eigenvalue weighted by Crippen LogP contribution is 2.39. The number of carbonyl (C=O) groups is 2. The van der Waals surface area contributed by atoms with E-state index in [1.165, 1.54) is 0 Å². The fraction of sp³-hybridized carbons (Fsp3) is 0.478. The lowest BCUT2D eigenvalue weighted by atomic mass is 10.1. The topological polar surface area (TPSA) is 69.0 Å². The molecule has 166 valence electrons. The van der Waals surface area contributed by atoms with Crippen molar-refractivity contribution >= 4 is 23.6 Å². The first kappa shape index (κ1) is 21.9. The average molecular weight is 443 g/mol. The van der Waals surface area contributed by atoms with Crippen LogP contribution in [0.25, 0.3) is 0 Å². The molecule has 8 heteroatoms. The summed E-state index contributed by atoms with van der Waals surface area (Å²) in [6.45, 7) is 6.58. The maximum Gasteiger partial charge on any atom is 0.251 e. The van der Waals surface area contributed by atoms with Crippen molar-refractivity contribution in [1.82, 2.24) is 20.0 Å². The molecule has 1 N–H and O–H groups in total. The molecular formula is C23H30N4O3S. The van der Waals surface area contributed by atoms with Crippen molar-refractivity contribution in [2.45, 2.75) is 18.3 Å². The zero-order valence-corrected chi connectivity index (χ0v) is 18.8. The van der Waals surface area contributed by atoms with E-state index in [1.807, 2.05) is 41.3 Å². The van der Waals surface area contributed by atoms with E-state index in [2.05, 4.69) is 22.2 Å². The fourth-order valence-corrected chi connectivity index (χ4v) is 5.14. The largest absolute Gasteiger partial charge is 0.467 e. The van der Waals surface area contributed by atoms with Gasteiger partial charge in [-0.25, -0.2) is 0 Å². The highest BCUT2D eigenvalue weighted by molar-refractivity contribution is 8.00. The van der Waals surface area contributed by atoms with E-state index < -0.39 is 0 Å². The zero-order valence-electron chi connectivity index (χ0n) is 18.0. The number of hydrogen-bond acceptors (Lipinski definition) is 6. The minimum atomic E-state index is -0.0571. The molecule has 1 atom stereocenters. The van der Waals surface area contributed by atoms with Gasteiger partial charge in [-0.05, 0) is 49.8 Å². The average Bonchev–Trinajstić information content (AvgIpc) is 3.43. The van der Waals surface area contributed by atoms with Gasteiger partial charge >= 0.3 is 0 Å². The third-order valence-corrected chi connectivity index (χ3v) is 7.12. The number of carbonyl (C=O) groups excluding carboxylic acids is 2. The Morgan fingerprint density at radius 2 is 1.94 bits per heavy atom. The number of likely N-dealkylation sites (N-methyl/N-ethyl adjacent to an activating group) is 1. The summed E-state index contributed by atoms with van der Waals surface area (Å²) in [5, 5.41) is 2.97. The third-order valence-electron chi connectivity index (χ3n) is 5.86.